The van der Waals surface area contributed by atoms with Gasteiger partial charge in [0.1, 0.15) is 17.5 Å². The number of para-hydroxylation sites is 1. The summed E-state index contributed by atoms with van der Waals surface area (Å²) in [5.41, 5.74) is 0.894. The molecule has 1 heterocycles. The predicted molar refractivity (Wildman–Crippen MR) is 77.1 cm³/mol. The number of carbonyl (C=O) groups is 2. The van der Waals surface area contributed by atoms with Gasteiger partial charge < -0.3 is 10.1 Å². The number of carbonyl (C=O) groups excluding carboxylic acids is 2. The number of hydrogen-bond acceptors (Lipinski definition) is 4. The van der Waals surface area contributed by atoms with Gasteiger partial charge in [-0.05, 0) is 24.3 Å². The van der Waals surface area contributed by atoms with Gasteiger partial charge in [-0.15, -0.1) is 0 Å². The van der Waals surface area contributed by atoms with Gasteiger partial charge in [-0.25, -0.2) is 4.79 Å². The van der Waals surface area contributed by atoms with Crippen LogP contribution >= 0.6 is 0 Å². The number of imide groups is 1. The molecule has 0 radical (unpaired) electrons. The van der Waals surface area contributed by atoms with Crippen LogP contribution in [0.4, 0.5) is 4.79 Å². The maximum atomic E-state index is 11.8. The van der Waals surface area contributed by atoms with Gasteiger partial charge in [0.25, 0.3) is 5.91 Å². The van der Waals surface area contributed by atoms with Gasteiger partial charge in [0.05, 0.1) is 11.6 Å². The Hall–Kier alpha value is -3.33. The van der Waals surface area contributed by atoms with Gasteiger partial charge in [-0.2, -0.15) is 5.26 Å². The average Bonchev–Trinajstić information content (AvgIpc) is 2.86. The first-order valence-corrected chi connectivity index (χ1v) is 6.55. The molecule has 0 aliphatic carbocycles. The molecule has 3 rings (SSSR count). The molecular weight excluding hydrogens is 282 g/mol. The molecule has 22 heavy (non-hydrogen) atoms. The van der Waals surface area contributed by atoms with E-state index in [1.807, 2.05) is 24.3 Å². The lowest BCUT2D eigenvalue weighted by Gasteiger charge is -2.14. The summed E-state index contributed by atoms with van der Waals surface area (Å²) in [4.78, 5) is 23.1. The third kappa shape index (κ3) is 2.60. The third-order valence-corrected chi connectivity index (χ3v) is 3.20. The molecule has 0 saturated carbocycles. The van der Waals surface area contributed by atoms with Crippen molar-refractivity contribution in [3.8, 4) is 17.6 Å². The van der Waals surface area contributed by atoms with Crippen molar-refractivity contribution in [2.24, 2.45) is 0 Å². The Morgan fingerprint density at radius 2 is 1.86 bits per heavy atom. The van der Waals surface area contributed by atoms with Crippen molar-refractivity contribution in [2.45, 2.75) is 6.04 Å². The molecule has 0 bridgehead atoms. The first-order chi connectivity index (χ1) is 10.7. The number of nitrogens with zero attached hydrogens (tertiary/aromatic N) is 1. The second-order valence-electron chi connectivity index (χ2n) is 4.68. The third-order valence-electron chi connectivity index (χ3n) is 3.20. The van der Waals surface area contributed by atoms with E-state index in [0.29, 0.717) is 22.6 Å². The summed E-state index contributed by atoms with van der Waals surface area (Å²) in [6.45, 7) is 0. The molecule has 1 aliphatic rings. The Labute approximate surface area is 126 Å². The Morgan fingerprint density at radius 1 is 1.09 bits per heavy atom. The minimum absolute atomic E-state index is 0.354. The zero-order valence-electron chi connectivity index (χ0n) is 11.4. The molecule has 1 unspecified atom stereocenters. The highest BCUT2D eigenvalue weighted by Crippen LogP contribution is 2.32. The van der Waals surface area contributed by atoms with E-state index in [2.05, 4.69) is 10.6 Å². The van der Waals surface area contributed by atoms with Crippen LogP contribution in [0.3, 0.4) is 0 Å². The average molecular weight is 293 g/mol. The fourth-order valence-electron chi connectivity index (χ4n) is 2.18. The van der Waals surface area contributed by atoms with Gasteiger partial charge >= 0.3 is 6.03 Å². The summed E-state index contributed by atoms with van der Waals surface area (Å²) in [6.07, 6.45) is 0. The fourth-order valence-corrected chi connectivity index (χ4v) is 2.18. The zero-order chi connectivity index (χ0) is 15.5. The van der Waals surface area contributed by atoms with Crippen molar-refractivity contribution in [1.82, 2.24) is 10.6 Å². The van der Waals surface area contributed by atoms with E-state index in [1.165, 1.54) is 0 Å². The van der Waals surface area contributed by atoms with E-state index in [0.717, 1.165) is 0 Å². The Balaban J connectivity index is 2.01. The molecule has 1 aliphatic heterocycles. The zero-order valence-corrected chi connectivity index (χ0v) is 11.4. The lowest BCUT2D eigenvalue weighted by molar-refractivity contribution is -0.120. The molecule has 6 nitrogen and oxygen atoms in total. The summed E-state index contributed by atoms with van der Waals surface area (Å²) in [7, 11) is 0. The van der Waals surface area contributed by atoms with Crippen LogP contribution in [0.15, 0.2) is 48.5 Å². The minimum atomic E-state index is -0.834. The number of nitriles is 1. The van der Waals surface area contributed by atoms with Crippen LogP contribution in [-0.2, 0) is 4.79 Å². The molecule has 2 N–H and O–H groups in total. The number of rotatable bonds is 3. The van der Waals surface area contributed by atoms with Gasteiger partial charge in [0.15, 0.2) is 0 Å². The highest BCUT2D eigenvalue weighted by molar-refractivity contribution is 6.04. The lowest BCUT2D eigenvalue weighted by atomic mass is 10.0. The first kappa shape index (κ1) is 13.6. The topological polar surface area (TPSA) is 91.2 Å². The maximum Gasteiger partial charge on any atom is 0.322 e. The SMILES string of the molecule is N#Cc1ccc(C2NC(=O)NC2=O)c(Oc2ccccc2)c1. The monoisotopic (exact) mass is 293 g/mol. The van der Waals surface area contributed by atoms with Crippen molar-refractivity contribution in [3.05, 3.63) is 59.7 Å². The van der Waals surface area contributed by atoms with Gasteiger partial charge in [-0.3, -0.25) is 10.1 Å². The van der Waals surface area contributed by atoms with E-state index in [1.54, 1.807) is 30.3 Å². The van der Waals surface area contributed by atoms with Crippen molar-refractivity contribution in [2.75, 3.05) is 0 Å². The first-order valence-electron chi connectivity index (χ1n) is 6.55. The van der Waals surface area contributed by atoms with Crippen molar-refractivity contribution < 1.29 is 14.3 Å². The summed E-state index contributed by atoms with van der Waals surface area (Å²) < 4.78 is 5.77. The molecule has 2 aromatic rings. The second-order valence-corrected chi connectivity index (χ2v) is 4.68. The number of urea groups is 1. The van der Waals surface area contributed by atoms with E-state index in [-0.39, 0.29) is 0 Å². The van der Waals surface area contributed by atoms with E-state index in [9.17, 15) is 9.59 Å². The maximum absolute atomic E-state index is 11.8. The molecular formula is C16H11N3O3. The standard InChI is InChI=1S/C16H11N3O3/c17-9-10-6-7-12(14-15(20)19-16(21)18-14)13(8-10)22-11-4-2-1-3-5-11/h1-8,14H,(H2,18,19,20,21). The molecule has 0 aromatic heterocycles. The van der Waals surface area contributed by atoms with Crippen LogP contribution in [0.25, 0.3) is 0 Å². The fraction of sp³-hybridized carbons (Fsp3) is 0.0625. The minimum Gasteiger partial charge on any atom is -0.457 e. The highest BCUT2D eigenvalue weighted by atomic mass is 16.5. The van der Waals surface area contributed by atoms with Gasteiger partial charge in [0.2, 0.25) is 0 Å². The van der Waals surface area contributed by atoms with Gasteiger partial charge in [0, 0.05) is 5.56 Å². The summed E-state index contributed by atoms with van der Waals surface area (Å²) >= 11 is 0. The Morgan fingerprint density at radius 3 is 2.50 bits per heavy atom. The molecule has 0 spiro atoms. The molecule has 2 aromatic carbocycles. The predicted octanol–water partition coefficient (Wildman–Crippen LogP) is 2.23. The summed E-state index contributed by atoms with van der Waals surface area (Å²) in [5, 5.41) is 13.7. The summed E-state index contributed by atoms with van der Waals surface area (Å²) in [6, 6.07) is 14.4. The van der Waals surface area contributed by atoms with Gasteiger partial charge in [-0.1, -0.05) is 24.3 Å². The number of benzene rings is 2. The molecule has 3 amide bonds. The van der Waals surface area contributed by atoms with Crippen LogP contribution in [0, 0.1) is 11.3 Å². The van der Waals surface area contributed by atoms with Crippen molar-refractivity contribution in [1.29, 1.82) is 5.26 Å². The summed E-state index contributed by atoms with van der Waals surface area (Å²) in [5.74, 6) is 0.476. The normalized spacial score (nSPS) is 16.6. The Bertz CT molecular complexity index is 781. The lowest BCUT2D eigenvalue weighted by Crippen LogP contribution is -2.22. The molecule has 1 atom stereocenters. The Kier molecular flexibility index (Phi) is 3.46. The van der Waals surface area contributed by atoms with E-state index in [4.69, 9.17) is 10.00 Å². The second kappa shape index (κ2) is 5.58. The smallest absolute Gasteiger partial charge is 0.322 e. The van der Waals surface area contributed by atoms with Crippen molar-refractivity contribution >= 4 is 11.9 Å². The quantitative estimate of drug-likeness (QED) is 0.849. The molecule has 1 fully saturated rings. The number of hydrogen-bond donors (Lipinski definition) is 2. The number of ether oxygens (including phenoxy) is 1. The van der Waals surface area contributed by atoms with E-state index < -0.39 is 18.0 Å². The highest BCUT2D eigenvalue weighted by Gasteiger charge is 2.33. The van der Waals surface area contributed by atoms with E-state index >= 15 is 0 Å². The molecule has 1 saturated heterocycles. The molecule has 6 heteroatoms. The van der Waals surface area contributed by atoms with Crippen LogP contribution in [-0.4, -0.2) is 11.9 Å². The number of nitrogens with one attached hydrogen (secondary N) is 2. The van der Waals surface area contributed by atoms with Crippen molar-refractivity contribution in [3.63, 3.8) is 0 Å². The number of amides is 3. The van der Waals surface area contributed by atoms with Crippen LogP contribution < -0.4 is 15.4 Å². The van der Waals surface area contributed by atoms with Crippen LogP contribution in [0.1, 0.15) is 17.2 Å². The van der Waals surface area contributed by atoms with Crippen LogP contribution in [0.5, 0.6) is 11.5 Å². The largest absolute Gasteiger partial charge is 0.457 e. The van der Waals surface area contributed by atoms with Crippen LogP contribution in [0.2, 0.25) is 0 Å². The molecule has 108 valence electrons.